The lowest BCUT2D eigenvalue weighted by Gasteiger charge is -2.18. The smallest absolute Gasteiger partial charge is 0.308 e. The zero-order valence-corrected chi connectivity index (χ0v) is 14.7. The van der Waals surface area contributed by atoms with Crippen molar-refractivity contribution in [2.75, 3.05) is 20.8 Å². The number of methoxy groups -OCH3 is 2. The van der Waals surface area contributed by atoms with Gasteiger partial charge in [0.2, 0.25) is 0 Å². The molecule has 0 saturated carbocycles. The molecule has 3 rings (SSSR count). The number of benzene rings is 2. The Hall–Kier alpha value is -2.82. The van der Waals surface area contributed by atoms with Crippen LogP contribution in [0.15, 0.2) is 41.4 Å². The third-order valence-corrected chi connectivity index (χ3v) is 4.16. The summed E-state index contributed by atoms with van der Waals surface area (Å²) in [5.74, 6) is 1.46. The maximum absolute atomic E-state index is 11.3. The Kier molecular flexibility index (Phi) is 5.03. The fourth-order valence-electron chi connectivity index (χ4n) is 2.99. The highest BCUT2D eigenvalue weighted by molar-refractivity contribution is 6.04. The third-order valence-electron chi connectivity index (χ3n) is 4.16. The maximum atomic E-state index is 11.3. The van der Waals surface area contributed by atoms with E-state index in [1.807, 2.05) is 24.3 Å². The van der Waals surface area contributed by atoms with Gasteiger partial charge in [0.15, 0.2) is 11.5 Å². The summed E-state index contributed by atoms with van der Waals surface area (Å²) < 4.78 is 15.8. The Balaban J connectivity index is 1.88. The topological polar surface area (TPSA) is 57.1 Å². The number of rotatable bonds is 5. The molecule has 5 heteroatoms. The van der Waals surface area contributed by atoms with Crippen molar-refractivity contribution >= 4 is 11.7 Å². The lowest BCUT2D eigenvalue weighted by atomic mass is 9.93. The predicted molar refractivity (Wildman–Crippen MR) is 96.1 cm³/mol. The van der Waals surface area contributed by atoms with Crippen LogP contribution in [0.4, 0.5) is 0 Å². The lowest BCUT2D eigenvalue weighted by Crippen LogP contribution is -2.15. The second kappa shape index (κ2) is 7.38. The van der Waals surface area contributed by atoms with Crippen LogP contribution in [0.2, 0.25) is 0 Å². The fourth-order valence-corrected chi connectivity index (χ4v) is 2.99. The van der Waals surface area contributed by atoms with E-state index in [1.165, 1.54) is 12.5 Å². The van der Waals surface area contributed by atoms with Crippen molar-refractivity contribution in [3.63, 3.8) is 0 Å². The second-order valence-corrected chi connectivity index (χ2v) is 5.86. The molecule has 0 radical (unpaired) electrons. The van der Waals surface area contributed by atoms with Crippen LogP contribution < -0.4 is 14.2 Å². The van der Waals surface area contributed by atoms with Gasteiger partial charge in [-0.2, -0.15) is 0 Å². The molecule has 5 nitrogen and oxygen atoms in total. The van der Waals surface area contributed by atoms with E-state index in [-0.39, 0.29) is 5.97 Å². The van der Waals surface area contributed by atoms with Crippen LogP contribution in [0, 0.1) is 0 Å². The molecule has 0 saturated heterocycles. The van der Waals surface area contributed by atoms with Crippen molar-refractivity contribution < 1.29 is 19.0 Å². The van der Waals surface area contributed by atoms with Crippen molar-refractivity contribution in [1.82, 2.24) is 0 Å². The summed E-state index contributed by atoms with van der Waals surface area (Å²) in [5.41, 5.74) is 4.44. The van der Waals surface area contributed by atoms with Crippen molar-refractivity contribution in [2.45, 2.75) is 19.8 Å². The van der Waals surface area contributed by atoms with Crippen LogP contribution in [-0.4, -0.2) is 32.4 Å². The van der Waals surface area contributed by atoms with Crippen LogP contribution >= 0.6 is 0 Å². The van der Waals surface area contributed by atoms with Gasteiger partial charge in [0.1, 0.15) is 5.75 Å². The lowest BCUT2D eigenvalue weighted by molar-refractivity contribution is -0.132. The van der Waals surface area contributed by atoms with Crippen LogP contribution in [0.3, 0.4) is 0 Å². The van der Waals surface area contributed by atoms with Gasteiger partial charge < -0.3 is 14.2 Å². The highest BCUT2D eigenvalue weighted by Crippen LogP contribution is 2.30. The summed E-state index contributed by atoms with van der Waals surface area (Å²) in [6.07, 6.45) is 1.58. The molecule has 0 N–H and O–H groups in total. The predicted octanol–water partition coefficient (Wildman–Crippen LogP) is 3.22. The molecule has 130 valence electrons. The van der Waals surface area contributed by atoms with Gasteiger partial charge in [-0.05, 0) is 53.4 Å². The summed E-state index contributed by atoms with van der Waals surface area (Å²) >= 11 is 0. The van der Waals surface area contributed by atoms with Crippen LogP contribution in [0.5, 0.6) is 17.2 Å². The van der Waals surface area contributed by atoms with Gasteiger partial charge in [0.05, 0.1) is 14.2 Å². The van der Waals surface area contributed by atoms with Crippen molar-refractivity contribution in [3.8, 4) is 17.2 Å². The minimum atomic E-state index is -0.372. The first kappa shape index (κ1) is 17.0. The van der Waals surface area contributed by atoms with Crippen molar-refractivity contribution in [1.29, 1.82) is 0 Å². The first-order valence-electron chi connectivity index (χ1n) is 8.16. The van der Waals surface area contributed by atoms with E-state index in [1.54, 1.807) is 14.2 Å². The van der Waals surface area contributed by atoms with Gasteiger partial charge in [0, 0.05) is 25.6 Å². The minimum Gasteiger partial charge on any atom is -0.497 e. The van der Waals surface area contributed by atoms with Gasteiger partial charge in [-0.1, -0.05) is 6.07 Å². The van der Waals surface area contributed by atoms with Gasteiger partial charge in [0.25, 0.3) is 0 Å². The normalized spacial score (nSPS) is 12.8. The maximum Gasteiger partial charge on any atom is 0.308 e. The van der Waals surface area contributed by atoms with Crippen molar-refractivity contribution in [3.05, 3.63) is 53.1 Å². The molecule has 0 aromatic heterocycles. The zero-order valence-electron chi connectivity index (χ0n) is 14.7. The molecule has 0 aliphatic carbocycles. The molecule has 0 spiro atoms. The number of hydrogen-bond donors (Lipinski definition) is 0. The Labute approximate surface area is 147 Å². The van der Waals surface area contributed by atoms with E-state index in [4.69, 9.17) is 19.2 Å². The number of esters is 1. The standard InChI is InChI=1S/C20H21NO4/c1-13(22)25-20-11-14(4-7-19(20)24-3)10-18-17-6-5-16(23-2)12-15(17)8-9-21-18/h4-7,11-12H,8-10H2,1-3H3. The Morgan fingerprint density at radius 1 is 1.08 bits per heavy atom. The molecule has 0 atom stereocenters. The molecular formula is C20H21NO4. The third kappa shape index (κ3) is 3.82. The summed E-state index contributed by atoms with van der Waals surface area (Å²) in [4.78, 5) is 16.0. The molecule has 0 unspecified atom stereocenters. The monoisotopic (exact) mass is 339 g/mol. The minimum absolute atomic E-state index is 0.372. The summed E-state index contributed by atoms with van der Waals surface area (Å²) in [7, 11) is 3.23. The Morgan fingerprint density at radius 2 is 1.92 bits per heavy atom. The van der Waals surface area contributed by atoms with Gasteiger partial charge in [-0.25, -0.2) is 0 Å². The zero-order chi connectivity index (χ0) is 17.8. The first-order valence-corrected chi connectivity index (χ1v) is 8.16. The highest BCUT2D eigenvalue weighted by Gasteiger charge is 2.16. The molecule has 1 aliphatic heterocycles. The van der Waals surface area contributed by atoms with Crippen LogP contribution in [0.1, 0.15) is 23.6 Å². The van der Waals surface area contributed by atoms with E-state index in [9.17, 15) is 4.79 Å². The number of aliphatic imine (C=N–C) groups is 1. The van der Waals surface area contributed by atoms with Gasteiger partial charge in [-0.15, -0.1) is 0 Å². The summed E-state index contributed by atoms with van der Waals surface area (Å²) in [6.45, 7) is 2.14. The SMILES string of the molecule is COc1ccc2c(c1)CCN=C2Cc1ccc(OC)c(OC(C)=O)c1. The molecule has 1 aliphatic rings. The van der Waals surface area contributed by atoms with E-state index in [0.29, 0.717) is 17.9 Å². The Bertz CT molecular complexity index is 826. The van der Waals surface area contributed by atoms with E-state index in [2.05, 4.69) is 12.1 Å². The number of nitrogens with zero attached hydrogens (tertiary/aromatic N) is 1. The van der Waals surface area contributed by atoms with E-state index < -0.39 is 0 Å². The number of ether oxygens (including phenoxy) is 3. The molecule has 0 amide bonds. The first-order chi connectivity index (χ1) is 12.1. The molecular weight excluding hydrogens is 318 g/mol. The summed E-state index contributed by atoms with van der Waals surface area (Å²) in [6, 6.07) is 11.7. The van der Waals surface area contributed by atoms with Crippen LogP contribution in [0.25, 0.3) is 0 Å². The number of carbonyl (C=O) groups excluding carboxylic acids is 1. The highest BCUT2D eigenvalue weighted by atomic mass is 16.6. The van der Waals surface area contributed by atoms with E-state index >= 15 is 0 Å². The molecule has 2 aromatic rings. The fraction of sp³-hybridized carbons (Fsp3) is 0.300. The van der Waals surface area contributed by atoms with Gasteiger partial charge >= 0.3 is 5.97 Å². The number of hydrogen-bond acceptors (Lipinski definition) is 5. The second-order valence-electron chi connectivity index (χ2n) is 5.86. The largest absolute Gasteiger partial charge is 0.497 e. The average molecular weight is 339 g/mol. The molecule has 2 aromatic carbocycles. The summed E-state index contributed by atoms with van der Waals surface area (Å²) in [5, 5.41) is 0. The van der Waals surface area contributed by atoms with Gasteiger partial charge in [-0.3, -0.25) is 9.79 Å². The molecule has 0 fully saturated rings. The Morgan fingerprint density at radius 3 is 2.64 bits per heavy atom. The molecule has 0 bridgehead atoms. The average Bonchev–Trinajstić information content (AvgIpc) is 2.61. The van der Waals surface area contributed by atoms with Crippen LogP contribution in [-0.2, 0) is 17.6 Å². The quantitative estimate of drug-likeness (QED) is 0.620. The van der Waals surface area contributed by atoms with Crippen molar-refractivity contribution in [2.24, 2.45) is 4.99 Å². The molecule has 25 heavy (non-hydrogen) atoms. The molecule has 1 heterocycles. The number of fused-ring (bicyclic) bond motifs is 1. The van der Waals surface area contributed by atoms with E-state index in [0.717, 1.165) is 35.6 Å². The number of carbonyl (C=O) groups is 1.